The molecule has 2 amide bonds. The van der Waals surface area contributed by atoms with Crippen LogP contribution < -0.4 is 25.4 Å². The maximum atomic E-state index is 13.4. The Morgan fingerprint density at radius 3 is 2.02 bits per heavy atom. The third kappa shape index (κ3) is 8.03. The summed E-state index contributed by atoms with van der Waals surface area (Å²) in [6, 6.07) is 26.5. The summed E-state index contributed by atoms with van der Waals surface area (Å²) in [6.45, 7) is 12.2. The fourth-order valence-corrected chi connectivity index (χ4v) is 10.4. The summed E-state index contributed by atoms with van der Waals surface area (Å²) >= 11 is 4.31. The minimum absolute atomic E-state index is 0. The van der Waals surface area contributed by atoms with Gasteiger partial charge in [-0.15, -0.1) is 0 Å². The first-order valence-electron chi connectivity index (χ1n) is 14.7. The van der Waals surface area contributed by atoms with Gasteiger partial charge in [0.15, 0.2) is 0 Å². The van der Waals surface area contributed by atoms with Crippen LogP contribution in [0.4, 0.5) is 4.79 Å². The molecule has 2 atom stereocenters. The summed E-state index contributed by atoms with van der Waals surface area (Å²) in [7, 11) is -2.80. The van der Waals surface area contributed by atoms with Gasteiger partial charge in [0.05, 0.1) is 6.04 Å². The quantitative estimate of drug-likeness (QED) is 0.187. The van der Waals surface area contributed by atoms with Gasteiger partial charge in [-0.25, -0.2) is 4.79 Å². The van der Waals surface area contributed by atoms with Crippen molar-refractivity contribution in [2.45, 2.75) is 91.0 Å². The molecule has 1 aliphatic carbocycles. The standard InChI is InChI=1S/C34H44N2O4SSi.CH4/c1-33(2,3)39-32(38)36-30(21-22-41)31(37)35-29-20-18-24-17-19-25(23-28(24)29)40-42(34(4,5)6,26-13-9-7-10-14-26)27-15-11-8-12-16-27;/h7-17,19,23,29-30,41H,18,20-22H2,1-6H3,(H,35,37)(H,36,38);1H4. The van der Waals surface area contributed by atoms with E-state index in [0.717, 1.165) is 24.2 Å². The van der Waals surface area contributed by atoms with Crippen LogP contribution in [0.2, 0.25) is 5.04 Å². The Labute approximate surface area is 264 Å². The monoisotopic (exact) mass is 620 g/mol. The second kappa shape index (κ2) is 14.0. The number of alkyl carbamates (subject to hydrolysis) is 1. The molecule has 0 saturated heterocycles. The number of hydrogen-bond acceptors (Lipinski definition) is 5. The molecule has 232 valence electrons. The molecule has 4 rings (SSSR count). The van der Waals surface area contributed by atoms with E-state index in [2.05, 4.69) is 111 Å². The lowest BCUT2D eigenvalue weighted by atomic mass is 10.1. The Morgan fingerprint density at radius 1 is 0.930 bits per heavy atom. The summed E-state index contributed by atoms with van der Waals surface area (Å²) in [6.07, 6.45) is 1.42. The smallest absolute Gasteiger partial charge is 0.408 e. The SMILES string of the molecule is C.CC(C)(C)OC(=O)NC(CCS)C(=O)NC1CCc2ccc(O[Si](c3ccccc3)(c3ccccc3)C(C)(C)C)cc21. The van der Waals surface area contributed by atoms with E-state index in [-0.39, 0.29) is 24.4 Å². The minimum Gasteiger partial charge on any atom is -0.534 e. The van der Waals surface area contributed by atoms with Crippen molar-refractivity contribution in [2.24, 2.45) is 0 Å². The van der Waals surface area contributed by atoms with Crippen molar-refractivity contribution in [1.82, 2.24) is 10.6 Å². The first-order valence-corrected chi connectivity index (χ1v) is 17.2. The molecular weight excluding hydrogens is 573 g/mol. The normalized spacial score (nSPS) is 15.5. The lowest BCUT2D eigenvalue weighted by Gasteiger charge is -2.43. The van der Waals surface area contributed by atoms with Gasteiger partial charge in [0.1, 0.15) is 17.4 Å². The van der Waals surface area contributed by atoms with Crippen molar-refractivity contribution in [3.8, 4) is 5.75 Å². The van der Waals surface area contributed by atoms with E-state index in [0.29, 0.717) is 12.2 Å². The summed E-state index contributed by atoms with van der Waals surface area (Å²) in [5.41, 5.74) is 1.60. The molecule has 0 fully saturated rings. The molecule has 0 saturated carbocycles. The lowest BCUT2D eigenvalue weighted by Crippen LogP contribution is -2.68. The predicted molar refractivity (Wildman–Crippen MR) is 182 cm³/mol. The molecule has 1 aliphatic rings. The summed E-state index contributed by atoms with van der Waals surface area (Å²) < 4.78 is 12.6. The average Bonchev–Trinajstić information content (AvgIpc) is 3.32. The number of nitrogens with one attached hydrogen (secondary N) is 2. The van der Waals surface area contributed by atoms with Crippen molar-refractivity contribution in [2.75, 3.05) is 5.75 Å². The van der Waals surface area contributed by atoms with Crippen LogP contribution in [0.25, 0.3) is 0 Å². The Bertz CT molecular complexity index is 1330. The van der Waals surface area contributed by atoms with Crippen LogP contribution in [-0.4, -0.2) is 37.7 Å². The van der Waals surface area contributed by atoms with Crippen LogP contribution in [0, 0.1) is 0 Å². The zero-order chi connectivity index (χ0) is 30.5. The lowest BCUT2D eigenvalue weighted by molar-refractivity contribution is -0.124. The molecule has 0 heterocycles. The van der Waals surface area contributed by atoms with Crippen LogP contribution in [0.15, 0.2) is 78.9 Å². The first-order chi connectivity index (χ1) is 19.8. The molecule has 0 spiro atoms. The van der Waals surface area contributed by atoms with Crippen LogP contribution in [-0.2, 0) is 16.0 Å². The van der Waals surface area contributed by atoms with Crippen molar-refractivity contribution < 1.29 is 18.8 Å². The highest BCUT2D eigenvalue weighted by atomic mass is 32.1. The summed E-state index contributed by atoms with van der Waals surface area (Å²) in [5.74, 6) is 1.00. The third-order valence-corrected chi connectivity index (χ3v) is 12.8. The Kier molecular flexibility index (Phi) is 11.2. The number of amides is 2. The van der Waals surface area contributed by atoms with Gasteiger partial charge in [-0.05, 0) is 84.5 Å². The van der Waals surface area contributed by atoms with Crippen LogP contribution >= 0.6 is 12.6 Å². The van der Waals surface area contributed by atoms with Crippen molar-refractivity contribution >= 4 is 43.3 Å². The first kappa shape index (κ1) is 34.3. The molecule has 2 N–H and O–H groups in total. The molecule has 0 bridgehead atoms. The number of aryl methyl sites for hydroxylation is 1. The highest BCUT2D eigenvalue weighted by molar-refractivity contribution is 7.80. The summed E-state index contributed by atoms with van der Waals surface area (Å²) in [4.78, 5) is 25.8. The van der Waals surface area contributed by atoms with E-state index in [9.17, 15) is 9.59 Å². The van der Waals surface area contributed by atoms with Gasteiger partial charge < -0.3 is 19.8 Å². The number of benzene rings is 3. The van der Waals surface area contributed by atoms with E-state index >= 15 is 0 Å². The molecule has 2 unspecified atom stereocenters. The maximum Gasteiger partial charge on any atom is 0.408 e. The topological polar surface area (TPSA) is 76.7 Å². The van der Waals surface area contributed by atoms with Crippen LogP contribution in [0.1, 0.15) is 79.0 Å². The van der Waals surface area contributed by atoms with E-state index in [1.807, 2.05) is 12.1 Å². The van der Waals surface area contributed by atoms with Crippen LogP contribution in [0.3, 0.4) is 0 Å². The largest absolute Gasteiger partial charge is 0.534 e. The van der Waals surface area contributed by atoms with E-state index in [1.165, 1.54) is 15.9 Å². The van der Waals surface area contributed by atoms with Gasteiger partial charge in [0.2, 0.25) is 5.91 Å². The number of carbonyl (C=O) groups is 2. The number of thiol groups is 1. The van der Waals surface area contributed by atoms with Gasteiger partial charge in [0, 0.05) is 0 Å². The molecule has 3 aromatic rings. The molecule has 0 radical (unpaired) electrons. The van der Waals surface area contributed by atoms with Gasteiger partial charge in [0.25, 0.3) is 0 Å². The van der Waals surface area contributed by atoms with Gasteiger partial charge >= 0.3 is 14.4 Å². The Hall–Kier alpha value is -3.23. The van der Waals surface area contributed by atoms with Gasteiger partial charge in [-0.3, -0.25) is 4.79 Å². The minimum atomic E-state index is -2.80. The molecule has 0 aliphatic heterocycles. The zero-order valence-corrected chi connectivity index (χ0v) is 27.5. The van der Waals surface area contributed by atoms with Crippen LogP contribution in [0.5, 0.6) is 5.75 Å². The highest BCUT2D eigenvalue weighted by Crippen LogP contribution is 2.40. The molecule has 8 heteroatoms. The Balaban J connectivity index is 0.00000506. The van der Waals surface area contributed by atoms with Gasteiger partial charge in [-0.2, -0.15) is 12.6 Å². The maximum absolute atomic E-state index is 13.4. The third-order valence-electron chi connectivity index (χ3n) is 7.62. The molecule has 0 aromatic heterocycles. The molecule has 3 aromatic carbocycles. The van der Waals surface area contributed by atoms with Crippen molar-refractivity contribution in [1.29, 1.82) is 0 Å². The highest BCUT2D eigenvalue weighted by Gasteiger charge is 2.52. The number of carbonyl (C=O) groups excluding carboxylic acids is 2. The molecule has 6 nitrogen and oxygen atoms in total. The number of ether oxygens (including phenoxy) is 1. The number of fused-ring (bicyclic) bond motifs is 1. The number of rotatable bonds is 9. The van der Waals surface area contributed by atoms with Gasteiger partial charge in [-0.1, -0.05) is 94.9 Å². The van der Waals surface area contributed by atoms with E-state index in [1.54, 1.807) is 20.8 Å². The Morgan fingerprint density at radius 2 is 1.51 bits per heavy atom. The second-order valence-electron chi connectivity index (χ2n) is 12.9. The second-order valence-corrected chi connectivity index (χ2v) is 17.6. The van der Waals surface area contributed by atoms with Crippen molar-refractivity contribution in [3.05, 3.63) is 90.0 Å². The predicted octanol–water partition coefficient (Wildman–Crippen LogP) is 6.58. The fraction of sp³-hybridized carbons (Fsp3) is 0.429. The zero-order valence-electron chi connectivity index (χ0n) is 25.6. The fourth-order valence-electron chi connectivity index (χ4n) is 5.74. The average molecular weight is 621 g/mol. The number of hydrogen-bond donors (Lipinski definition) is 3. The summed E-state index contributed by atoms with van der Waals surface area (Å²) in [5, 5.41) is 8.15. The van der Waals surface area contributed by atoms with E-state index in [4.69, 9.17) is 9.16 Å². The molecular formula is C35H48N2O4SSi. The van der Waals surface area contributed by atoms with E-state index < -0.39 is 26.1 Å². The van der Waals surface area contributed by atoms with Crippen molar-refractivity contribution in [3.63, 3.8) is 0 Å². The molecule has 43 heavy (non-hydrogen) atoms.